The Kier molecular flexibility index (Phi) is 2.51. The first-order valence-corrected chi connectivity index (χ1v) is 4.84. The van der Waals surface area contributed by atoms with E-state index in [2.05, 4.69) is 5.32 Å². The van der Waals surface area contributed by atoms with E-state index < -0.39 is 0 Å². The van der Waals surface area contributed by atoms with E-state index in [1.165, 1.54) is 0 Å². The van der Waals surface area contributed by atoms with E-state index in [1.54, 1.807) is 0 Å². The molecule has 3 aliphatic rings. The molecule has 1 aliphatic carbocycles. The van der Waals surface area contributed by atoms with Crippen LogP contribution in [0.15, 0.2) is 0 Å². The van der Waals surface area contributed by atoms with Crippen LogP contribution in [-0.4, -0.2) is 36.9 Å². The molecule has 3 rings (SSSR count). The van der Waals surface area contributed by atoms with Crippen molar-refractivity contribution in [2.75, 3.05) is 19.8 Å². The van der Waals surface area contributed by atoms with Crippen LogP contribution in [0.25, 0.3) is 0 Å². The first kappa shape index (κ1) is 8.97. The van der Waals surface area contributed by atoms with E-state index in [9.17, 15) is 4.79 Å². The number of carbonyl (C=O) groups is 1. The number of aliphatic hydroxyl groups excluding tert-OH is 1. The number of carbonyl (C=O) groups excluding carboxylic acids is 1. The number of rotatable bonds is 4. The molecule has 13 heavy (non-hydrogen) atoms. The van der Waals surface area contributed by atoms with Gasteiger partial charge in [-0.25, -0.2) is 0 Å². The summed E-state index contributed by atoms with van der Waals surface area (Å²) in [5.74, 6) is 0.519. The van der Waals surface area contributed by atoms with Crippen LogP contribution in [0.3, 0.4) is 0 Å². The summed E-state index contributed by atoms with van der Waals surface area (Å²) in [5.41, 5.74) is 0. The molecule has 3 fully saturated rings. The van der Waals surface area contributed by atoms with Crippen molar-refractivity contribution in [3.05, 3.63) is 0 Å². The second-order valence-corrected chi connectivity index (χ2v) is 3.78. The molecular formula is C9H15NO3. The molecule has 0 radical (unpaired) electrons. The highest BCUT2D eigenvalue weighted by Gasteiger charge is 2.51. The minimum atomic E-state index is -0.0836. The van der Waals surface area contributed by atoms with Crippen molar-refractivity contribution in [3.8, 4) is 0 Å². The molecule has 2 N–H and O–H groups in total. The highest BCUT2D eigenvalue weighted by molar-refractivity contribution is 5.75. The second kappa shape index (κ2) is 3.64. The van der Waals surface area contributed by atoms with Crippen molar-refractivity contribution in [2.24, 2.45) is 11.8 Å². The van der Waals surface area contributed by atoms with Gasteiger partial charge in [-0.15, -0.1) is 0 Å². The van der Waals surface area contributed by atoms with Gasteiger partial charge in [0, 0.05) is 19.1 Å². The smallest absolute Gasteiger partial charge is 0.310 e. The van der Waals surface area contributed by atoms with Crippen molar-refractivity contribution in [2.45, 2.75) is 18.9 Å². The molecule has 2 bridgehead atoms. The quantitative estimate of drug-likeness (QED) is 0.459. The Morgan fingerprint density at radius 2 is 2.46 bits per heavy atom. The lowest BCUT2D eigenvalue weighted by Crippen LogP contribution is -2.43. The summed E-state index contributed by atoms with van der Waals surface area (Å²) >= 11 is 0. The molecule has 0 amide bonds. The molecule has 2 aliphatic heterocycles. The number of hydrogen-bond acceptors (Lipinski definition) is 4. The lowest BCUT2D eigenvalue weighted by Gasteiger charge is -2.32. The van der Waals surface area contributed by atoms with Crippen molar-refractivity contribution in [1.82, 2.24) is 5.32 Å². The molecule has 4 nitrogen and oxygen atoms in total. The van der Waals surface area contributed by atoms with Crippen LogP contribution in [0.5, 0.6) is 0 Å². The van der Waals surface area contributed by atoms with Gasteiger partial charge in [0.15, 0.2) is 0 Å². The number of ether oxygens (including phenoxy) is 1. The zero-order chi connectivity index (χ0) is 9.26. The van der Waals surface area contributed by atoms with E-state index in [-0.39, 0.29) is 18.5 Å². The van der Waals surface area contributed by atoms with Gasteiger partial charge >= 0.3 is 5.97 Å². The Bertz CT molecular complexity index is 193. The maximum absolute atomic E-state index is 11.4. The van der Waals surface area contributed by atoms with E-state index in [4.69, 9.17) is 9.84 Å². The van der Waals surface area contributed by atoms with Gasteiger partial charge in [-0.2, -0.15) is 0 Å². The van der Waals surface area contributed by atoms with Gasteiger partial charge in [-0.1, -0.05) is 0 Å². The summed E-state index contributed by atoms with van der Waals surface area (Å²) in [5, 5.41) is 11.8. The van der Waals surface area contributed by atoms with E-state index in [0.29, 0.717) is 25.0 Å². The Morgan fingerprint density at radius 1 is 1.62 bits per heavy atom. The summed E-state index contributed by atoms with van der Waals surface area (Å²) in [6.45, 7) is 1.40. The average molecular weight is 185 g/mol. The Hall–Kier alpha value is -0.610. The maximum Gasteiger partial charge on any atom is 0.310 e. The molecule has 1 saturated carbocycles. The minimum Gasteiger partial charge on any atom is -0.465 e. The predicted molar refractivity (Wildman–Crippen MR) is 46.0 cm³/mol. The molecule has 0 spiro atoms. The largest absolute Gasteiger partial charge is 0.465 e. The zero-order valence-corrected chi connectivity index (χ0v) is 7.53. The molecule has 0 aromatic heterocycles. The number of fused-ring (bicyclic) bond motifs is 1. The van der Waals surface area contributed by atoms with Crippen molar-refractivity contribution >= 4 is 5.97 Å². The number of esters is 1. The van der Waals surface area contributed by atoms with E-state index in [1.807, 2.05) is 0 Å². The fourth-order valence-corrected chi connectivity index (χ4v) is 2.17. The summed E-state index contributed by atoms with van der Waals surface area (Å²) in [4.78, 5) is 11.4. The Balaban J connectivity index is 1.72. The first-order chi connectivity index (χ1) is 6.33. The van der Waals surface area contributed by atoms with Crippen LogP contribution in [0.1, 0.15) is 12.8 Å². The minimum absolute atomic E-state index is 0.0836. The van der Waals surface area contributed by atoms with Crippen LogP contribution in [-0.2, 0) is 9.53 Å². The van der Waals surface area contributed by atoms with Gasteiger partial charge in [0.25, 0.3) is 0 Å². The Morgan fingerprint density at radius 3 is 3.00 bits per heavy atom. The molecule has 2 saturated heterocycles. The molecule has 0 aromatic rings. The third-order valence-electron chi connectivity index (χ3n) is 2.96. The zero-order valence-electron chi connectivity index (χ0n) is 7.53. The monoisotopic (exact) mass is 185 g/mol. The third-order valence-corrected chi connectivity index (χ3v) is 2.96. The van der Waals surface area contributed by atoms with Crippen molar-refractivity contribution < 1.29 is 14.6 Å². The van der Waals surface area contributed by atoms with E-state index >= 15 is 0 Å². The van der Waals surface area contributed by atoms with Gasteiger partial charge in [0.2, 0.25) is 0 Å². The molecule has 2 heterocycles. The fraction of sp³-hybridized carbons (Fsp3) is 0.889. The van der Waals surface area contributed by atoms with Crippen molar-refractivity contribution in [3.63, 3.8) is 0 Å². The second-order valence-electron chi connectivity index (χ2n) is 3.78. The normalized spacial score (nSPS) is 35.6. The summed E-state index contributed by atoms with van der Waals surface area (Å²) in [6.07, 6.45) is 1.67. The first-order valence-electron chi connectivity index (χ1n) is 4.84. The van der Waals surface area contributed by atoms with Gasteiger partial charge < -0.3 is 15.2 Å². The van der Waals surface area contributed by atoms with Gasteiger partial charge in [-0.3, -0.25) is 4.79 Å². The van der Waals surface area contributed by atoms with Crippen molar-refractivity contribution in [1.29, 1.82) is 0 Å². The number of nitrogens with one attached hydrogen (secondary N) is 1. The van der Waals surface area contributed by atoms with Gasteiger partial charge in [0.1, 0.15) is 0 Å². The SMILES string of the molecule is O=C(OCCCO)C1C2CNC1C2. The number of aliphatic hydroxyl groups is 1. The standard InChI is InChI=1S/C9H15NO3/c11-2-1-3-13-9(12)8-6-4-7(8)10-5-6/h6-8,10-11H,1-5H2. The molecule has 74 valence electrons. The van der Waals surface area contributed by atoms with Crippen LogP contribution in [0.4, 0.5) is 0 Å². The number of hydrogen-bond donors (Lipinski definition) is 2. The highest BCUT2D eigenvalue weighted by atomic mass is 16.5. The predicted octanol–water partition coefficient (Wildman–Crippen LogP) is -0.480. The molecule has 3 unspecified atom stereocenters. The van der Waals surface area contributed by atoms with Crippen LogP contribution in [0, 0.1) is 11.8 Å². The lowest BCUT2D eigenvalue weighted by atomic mass is 9.74. The lowest BCUT2D eigenvalue weighted by molar-refractivity contribution is -0.153. The van der Waals surface area contributed by atoms with Gasteiger partial charge in [-0.05, 0) is 18.9 Å². The third kappa shape index (κ3) is 1.56. The average Bonchev–Trinajstić information content (AvgIpc) is 2.64. The maximum atomic E-state index is 11.4. The Labute approximate surface area is 77.3 Å². The highest BCUT2D eigenvalue weighted by Crippen LogP contribution is 2.40. The summed E-state index contributed by atoms with van der Waals surface area (Å²) < 4.78 is 5.03. The molecular weight excluding hydrogens is 170 g/mol. The topological polar surface area (TPSA) is 58.6 Å². The van der Waals surface area contributed by atoms with Crippen LogP contribution in [0.2, 0.25) is 0 Å². The van der Waals surface area contributed by atoms with Crippen LogP contribution < -0.4 is 5.32 Å². The van der Waals surface area contributed by atoms with Gasteiger partial charge in [0.05, 0.1) is 12.5 Å². The van der Waals surface area contributed by atoms with E-state index in [0.717, 1.165) is 13.0 Å². The molecule has 4 heteroatoms. The molecule has 0 aromatic carbocycles. The fourth-order valence-electron chi connectivity index (χ4n) is 2.17. The molecule has 3 atom stereocenters. The summed E-state index contributed by atoms with van der Waals surface area (Å²) in [6, 6.07) is 0.367. The van der Waals surface area contributed by atoms with Crippen LogP contribution >= 0.6 is 0 Å². The summed E-state index contributed by atoms with van der Waals surface area (Å²) in [7, 11) is 0.